The molecule has 0 aromatic heterocycles. The zero-order valence-electron chi connectivity index (χ0n) is 17.4. The van der Waals surface area contributed by atoms with Crippen molar-refractivity contribution in [2.24, 2.45) is 21.5 Å². The van der Waals surface area contributed by atoms with Crippen LogP contribution in [0.15, 0.2) is 9.98 Å². The van der Waals surface area contributed by atoms with Crippen molar-refractivity contribution in [3.63, 3.8) is 0 Å². The second-order valence-electron chi connectivity index (χ2n) is 7.40. The number of carboxylic acids is 2. The van der Waals surface area contributed by atoms with Crippen LogP contribution in [0.3, 0.4) is 0 Å². The van der Waals surface area contributed by atoms with Crippen molar-refractivity contribution in [2.45, 2.75) is 68.9 Å². The molecule has 1 fully saturated rings. The summed E-state index contributed by atoms with van der Waals surface area (Å²) in [4.78, 5) is 30.2. The first-order valence-electron chi connectivity index (χ1n) is 10.2. The summed E-state index contributed by atoms with van der Waals surface area (Å²) in [5, 5.41) is 52.3. The molecule has 1 rings (SSSR count). The topological polar surface area (TPSA) is 236 Å². The minimum Gasteiger partial charge on any atom is -0.480 e. The molecule has 1 aliphatic rings. The van der Waals surface area contributed by atoms with Crippen LogP contribution in [-0.2, 0) is 9.59 Å². The highest BCUT2D eigenvalue weighted by atomic mass is 16.4. The van der Waals surface area contributed by atoms with Gasteiger partial charge in [-0.1, -0.05) is 0 Å². The molecule has 5 unspecified atom stereocenters. The largest absolute Gasteiger partial charge is 0.480 e. The molecular formula is C18H34N6O7. The third-order valence-corrected chi connectivity index (χ3v) is 4.78. The van der Waals surface area contributed by atoms with Crippen molar-refractivity contribution in [3.05, 3.63) is 0 Å². The number of unbranched alkanes of at least 4 members (excludes halogenated alkanes) is 1. The number of aliphatic carboxylic acids is 2. The molecule has 0 aromatic rings. The van der Waals surface area contributed by atoms with Crippen LogP contribution in [0.5, 0.6) is 0 Å². The first-order chi connectivity index (χ1) is 14.6. The van der Waals surface area contributed by atoms with Gasteiger partial charge in [0.25, 0.3) is 0 Å². The summed E-state index contributed by atoms with van der Waals surface area (Å²) >= 11 is 0. The number of nitrogens with zero attached hydrogens (tertiary/aromatic N) is 2. The summed E-state index contributed by atoms with van der Waals surface area (Å²) in [7, 11) is 0. The standard InChI is InChI=1S/C18H34N6O7/c19-10(16(28)29)4-1-2-6-21-15-12(8-13(26)14(27)9-25)23-18(24-15)22-7-3-5-11(20)17(30)31/h10-14,25-27H,1-9,19-20H2,(H,28,29)(H,30,31)(H2,21,22,23,24). The number of carbonyl (C=O) groups is 2. The second-order valence-corrected chi connectivity index (χ2v) is 7.40. The molecule has 31 heavy (non-hydrogen) atoms. The maximum atomic E-state index is 10.7. The molecule has 0 aliphatic carbocycles. The smallest absolute Gasteiger partial charge is 0.320 e. The van der Waals surface area contributed by atoms with Gasteiger partial charge in [-0.2, -0.15) is 0 Å². The van der Waals surface area contributed by atoms with Gasteiger partial charge in [-0.25, -0.2) is 0 Å². The lowest BCUT2D eigenvalue weighted by Crippen LogP contribution is -2.39. The second kappa shape index (κ2) is 13.9. The summed E-state index contributed by atoms with van der Waals surface area (Å²) in [6.45, 7) is 0.139. The van der Waals surface area contributed by atoms with Crippen LogP contribution in [0.25, 0.3) is 0 Å². The molecule has 11 N–H and O–H groups in total. The average Bonchev–Trinajstić information content (AvgIpc) is 3.10. The van der Waals surface area contributed by atoms with Crippen molar-refractivity contribution in [1.82, 2.24) is 10.6 Å². The average molecular weight is 447 g/mol. The number of guanidine groups is 1. The number of nitrogens with one attached hydrogen (secondary N) is 2. The van der Waals surface area contributed by atoms with E-state index in [-0.39, 0.29) is 12.8 Å². The highest BCUT2D eigenvalue weighted by molar-refractivity contribution is 6.09. The van der Waals surface area contributed by atoms with Gasteiger partial charge in [0.05, 0.1) is 18.8 Å². The Hall–Kier alpha value is -2.32. The normalized spacial score (nSPS) is 22.5. The molecule has 0 spiro atoms. The lowest BCUT2D eigenvalue weighted by atomic mass is 10.0. The quantitative estimate of drug-likeness (QED) is 0.116. The first kappa shape index (κ1) is 26.7. The number of aliphatic hydroxyl groups is 3. The first-order valence-corrected chi connectivity index (χ1v) is 10.2. The Bertz CT molecular complexity index is 645. The summed E-state index contributed by atoms with van der Waals surface area (Å²) in [5.41, 5.74) is 10.9. The van der Waals surface area contributed by atoms with Gasteiger partial charge in [-0.15, -0.1) is 0 Å². The van der Waals surface area contributed by atoms with E-state index in [9.17, 15) is 19.8 Å². The van der Waals surface area contributed by atoms with E-state index in [1.54, 1.807) is 0 Å². The maximum Gasteiger partial charge on any atom is 0.320 e. The van der Waals surface area contributed by atoms with Gasteiger partial charge in [0, 0.05) is 19.5 Å². The van der Waals surface area contributed by atoms with Crippen LogP contribution in [0.4, 0.5) is 0 Å². The van der Waals surface area contributed by atoms with E-state index < -0.39 is 48.9 Å². The van der Waals surface area contributed by atoms with Crippen LogP contribution in [-0.4, -0.2) is 99.3 Å². The van der Waals surface area contributed by atoms with Crippen molar-refractivity contribution in [3.8, 4) is 0 Å². The molecule has 0 amide bonds. The van der Waals surface area contributed by atoms with E-state index in [4.69, 9.17) is 26.8 Å². The van der Waals surface area contributed by atoms with Gasteiger partial charge in [-0.05, 0) is 32.1 Å². The molecule has 5 atom stereocenters. The molecule has 0 saturated carbocycles. The van der Waals surface area contributed by atoms with Crippen molar-refractivity contribution in [2.75, 3.05) is 19.7 Å². The fourth-order valence-electron chi connectivity index (χ4n) is 2.83. The van der Waals surface area contributed by atoms with Gasteiger partial charge in [0.15, 0.2) is 5.96 Å². The van der Waals surface area contributed by atoms with Crippen molar-refractivity contribution in [1.29, 1.82) is 0 Å². The van der Waals surface area contributed by atoms with E-state index in [0.29, 0.717) is 50.6 Å². The molecule has 0 bridgehead atoms. The SMILES string of the molecule is NC(CCCCN=C1NC(=NCCCC(N)C(=O)O)NC1CC(O)C(O)CO)C(=O)O. The Kier molecular flexibility index (Phi) is 12.0. The van der Waals surface area contributed by atoms with E-state index in [1.807, 2.05) is 0 Å². The molecule has 1 aliphatic heterocycles. The predicted molar refractivity (Wildman–Crippen MR) is 113 cm³/mol. The number of hydrogen-bond donors (Lipinski definition) is 9. The Labute approximate surface area is 180 Å². The monoisotopic (exact) mass is 446 g/mol. The zero-order chi connectivity index (χ0) is 23.4. The highest BCUT2D eigenvalue weighted by Crippen LogP contribution is 2.09. The number of amidine groups is 1. The van der Waals surface area contributed by atoms with Crippen LogP contribution in [0, 0.1) is 0 Å². The lowest BCUT2D eigenvalue weighted by molar-refractivity contribution is -0.139. The van der Waals surface area contributed by atoms with Crippen LogP contribution < -0.4 is 22.1 Å². The van der Waals surface area contributed by atoms with E-state index >= 15 is 0 Å². The fraction of sp³-hybridized carbons (Fsp3) is 0.778. The number of nitrogens with two attached hydrogens (primary N) is 2. The minimum atomic E-state index is -1.29. The Balaban J connectivity index is 2.64. The third kappa shape index (κ3) is 10.0. The predicted octanol–water partition coefficient (Wildman–Crippen LogP) is -2.82. The van der Waals surface area contributed by atoms with Gasteiger partial charge in [0.1, 0.15) is 24.0 Å². The fourth-order valence-corrected chi connectivity index (χ4v) is 2.83. The number of hydrogen-bond acceptors (Lipinski definition) is 9. The summed E-state index contributed by atoms with van der Waals surface area (Å²) < 4.78 is 0. The highest BCUT2D eigenvalue weighted by Gasteiger charge is 2.30. The van der Waals surface area contributed by atoms with Crippen LogP contribution >= 0.6 is 0 Å². The third-order valence-electron chi connectivity index (χ3n) is 4.78. The van der Waals surface area contributed by atoms with Crippen molar-refractivity contribution < 1.29 is 35.1 Å². The summed E-state index contributed by atoms with van der Waals surface area (Å²) in [5.74, 6) is -1.23. The Morgan fingerprint density at radius 1 is 0.935 bits per heavy atom. The lowest BCUT2D eigenvalue weighted by Gasteiger charge is -2.19. The molecule has 13 heteroatoms. The number of rotatable bonds is 15. The van der Waals surface area contributed by atoms with E-state index in [1.165, 1.54) is 0 Å². The van der Waals surface area contributed by atoms with Crippen LogP contribution in [0.1, 0.15) is 38.5 Å². The summed E-state index contributed by atoms with van der Waals surface area (Å²) in [6, 6.07) is -2.33. The molecule has 178 valence electrons. The van der Waals surface area contributed by atoms with Gasteiger partial charge >= 0.3 is 11.9 Å². The van der Waals surface area contributed by atoms with Crippen LogP contribution in [0.2, 0.25) is 0 Å². The van der Waals surface area contributed by atoms with Crippen molar-refractivity contribution >= 4 is 23.7 Å². The van der Waals surface area contributed by atoms with Gasteiger partial charge in [-0.3, -0.25) is 19.6 Å². The molecular weight excluding hydrogens is 412 g/mol. The zero-order valence-corrected chi connectivity index (χ0v) is 17.4. The minimum absolute atomic E-state index is 0.0698. The van der Waals surface area contributed by atoms with E-state index in [0.717, 1.165) is 0 Å². The summed E-state index contributed by atoms with van der Waals surface area (Å²) in [6.07, 6.45) is -0.139. The van der Waals surface area contributed by atoms with E-state index in [2.05, 4.69) is 20.6 Å². The Morgan fingerprint density at radius 3 is 2.10 bits per heavy atom. The molecule has 0 radical (unpaired) electrons. The van der Waals surface area contributed by atoms with Gasteiger partial charge < -0.3 is 47.6 Å². The molecule has 13 nitrogen and oxygen atoms in total. The van der Waals surface area contributed by atoms with Gasteiger partial charge in [0.2, 0.25) is 0 Å². The maximum absolute atomic E-state index is 10.7. The molecule has 0 aromatic carbocycles. The Morgan fingerprint density at radius 2 is 1.52 bits per heavy atom. The number of aliphatic hydroxyl groups excluding tert-OH is 3. The molecule has 1 saturated heterocycles. The number of carboxylic acid groups (broad SMARTS) is 2. The molecule has 1 heterocycles. The number of aliphatic imine (C=N–C) groups is 2.